The topological polar surface area (TPSA) is 56.5 Å². The molecule has 2 aromatic heterocycles. The number of pyridine rings is 1. The lowest BCUT2D eigenvalue weighted by Crippen LogP contribution is -2.03. The molecule has 0 aliphatic rings. The summed E-state index contributed by atoms with van der Waals surface area (Å²) in [4.78, 5) is 16.1. The smallest absolute Gasteiger partial charge is 0.339 e. The molecule has 0 radical (unpaired) electrons. The molecule has 1 aromatic carbocycles. The Morgan fingerprint density at radius 1 is 1.23 bits per heavy atom. The van der Waals surface area contributed by atoms with Crippen LogP contribution in [0, 0.1) is 0 Å². The summed E-state index contributed by atoms with van der Waals surface area (Å²) in [6.45, 7) is 2.10. The van der Waals surface area contributed by atoms with Crippen LogP contribution in [0.15, 0.2) is 48.7 Å². The van der Waals surface area contributed by atoms with Gasteiger partial charge in [-0.05, 0) is 24.1 Å². The second-order valence-electron chi connectivity index (χ2n) is 5.27. The van der Waals surface area contributed by atoms with E-state index in [0.717, 1.165) is 17.9 Å². The van der Waals surface area contributed by atoms with E-state index >= 15 is 0 Å². The third-order valence-corrected chi connectivity index (χ3v) is 3.59. The van der Waals surface area contributed by atoms with Gasteiger partial charge in [0, 0.05) is 12.1 Å². The van der Waals surface area contributed by atoms with Crippen LogP contribution in [0.25, 0.3) is 5.65 Å². The first-order valence-corrected chi connectivity index (χ1v) is 7.16. The summed E-state index contributed by atoms with van der Waals surface area (Å²) in [7, 11) is 1.36. The minimum atomic E-state index is -0.378. The minimum absolute atomic E-state index is 0.198. The van der Waals surface area contributed by atoms with Crippen LogP contribution in [0.1, 0.15) is 34.6 Å². The van der Waals surface area contributed by atoms with Crippen molar-refractivity contribution in [1.29, 1.82) is 0 Å². The van der Waals surface area contributed by atoms with E-state index in [2.05, 4.69) is 29.1 Å². The molecule has 112 valence electrons. The average molecular weight is 295 g/mol. The maximum Gasteiger partial charge on any atom is 0.339 e. The van der Waals surface area contributed by atoms with Crippen LogP contribution in [0.5, 0.6) is 0 Å². The molecule has 3 aromatic rings. The largest absolute Gasteiger partial charge is 0.465 e. The predicted molar refractivity (Wildman–Crippen MR) is 82.9 cm³/mol. The van der Waals surface area contributed by atoms with Crippen LogP contribution in [0.4, 0.5) is 0 Å². The predicted octanol–water partition coefficient (Wildman–Crippen LogP) is 2.86. The number of esters is 1. The molecule has 0 fully saturated rings. The maximum absolute atomic E-state index is 11.6. The Kier molecular flexibility index (Phi) is 3.87. The van der Waals surface area contributed by atoms with Crippen molar-refractivity contribution >= 4 is 11.6 Å². The van der Waals surface area contributed by atoms with E-state index in [0.29, 0.717) is 5.56 Å². The molecule has 0 saturated heterocycles. The van der Waals surface area contributed by atoms with Gasteiger partial charge in [0.1, 0.15) is 0 Å². The lowest BCUT2D eigenvalue weighted by atomic mass is 10.0. The maximum atomic E-state index is 11.6. The van der Waals surface area contributed by atoms with Gasteiger partial charge in [-0.25, -0.2) is 14.3 Å². The Bertz CT molecular complexity index is 796. The lowest BCUT2D eigenvalue weighted by molar-refractivity contribution is 0.0600. The number of fused-ring (bicyclic) bond motifs is 1. The lowest BCUT2D eigenvalue weighted by Gasteiger charge is -2.06. The van der Waals surface area contributed by atoms with Crippen molar-refractivity contribution in [2.24, 2.45) is 0 Å². The zero-order chi connectivity index (χ0) is 15.5. The van der Waals surface area contributed by atoms with E-state index in [1.807, 2.05) is 18.2 Å². The molecule has 22 heavy (non-hydrogen) atoms. The van der Waals surface area contributed by atoms with Crippen LogP contribution >= 0.6 is 0 Å². The summed E-state index contributed by atoms with van der Waals surface area (Å²) in [5.74, 6) is 0.589. The van der Waals surface area contributed by atoms with Crippen molar-refractivity contribution in [1.82, 2.24) is 14.6 Å². The van der Waals surface area contributed by atoms with Gasteiger partial charge < -0.3 is 4.74 Å². The van der Waals surface area contributed by atoms with E-state index < -0.39 is 0 Å². The van der Waals surface area contributed by atoms with Gasteiger partial charge in [-0.3, -0.25) is 0 Å². The van der Waals surface area contributed by atoms with Crippen molar-refractivity contribution < 1.29 is 9.53 Å². The molecular weight excluding hydrogens is 278 g/mol. The fourth-order valence-electron chi connectivity index (χ4n) is 2.41. The first-order valence-electron chi connectivity index (χ1n) is 7.16. The average Bonchev–Trinajstić information content (AvgIpc) is 2.98. The molecule has 0 N–H and O–H groups in total. The Morgan fingerprint density at radius 2 is 2.00 bits per heavy atom. The van der Waals surface area contributed by atoms with Gasteiger partial charge in [0.25, 0.3) is 0 Å². The van der Waals surface area contributed by atoms with Crippen LogP contribution in [0.3, 0.4) is 0 Å². The van der Waals surface area contributed by atoms with Gasteiger partial charge in [-0.15, -0.1) is 0 Å². The molecule has 0 aliphatic carbocycles. The molecule has 1 unspecified atom stereocenters. The molecule has 3 rings (SSSR count). The summed E-state index contributed by atoms with van der Waals surface area (Å²) in [6.07, 6.45) is 2.52. The van der Waals surface area contributed by atoms with E-state index in [-0.39, 0.29) is 11.9 Å². The monoisotopic (exact) mass is 295 g/mol. The van der Waals surface area contributed by atoms with E-state index in [1.54, 1.807) is 22.8 Å². The molecule has 0 spiro atoms. The second kappa shape index (κ2) is 5.97. The van der Waals surface area contributed by atoms with Crippen LogP contribution < -0.4 is 0 Å². The number of hydrogen-bond donors (Lipinski definition) is 0. The Hall–Kier alpha value is -2.69. The van der Waals surface area contributed by atoms with Crippen molar-refractivity contribution in [2.45, 2.75) is 19.3 Å². The van der Waals surface area contributed by atoms with E-state index in [4.69, 9.17) is 4.74 Å². The van der Waals surface area contributed by atoms with Gasteiger partial charge in [-0.2, -0.15) is 5.10 Å². The highest BCUT2D eigenvalue weighted by atomic mass is 16.5. The normalized spacial score (nSPS) is 12.3. The number of hydrogen-bond acceptors (Lipinski definition) is 4. The number of carbonyl (C=O) groups excluding carboxylic acids is 1. The summed E-state index contributed by atoms with van der Waals surface area (Å²) in [5, 5.41) is 4.48. The highest BCUT2D eigenvalue weighted by Crippen LogP contribution is 2.18. The summed E-state index contributed by atoms with van der Waals surface area (Å²) in [5.41, 5.74) is 2.44. The third-order valence-electron chi connectivity index (χ3n) is 3.59. The molecule has 5 nitrogen and oxygen atoms in total. The SMILES string of the molecule is COC(=O)c1ccc2nc(C(C)Cc3ccccc3)nn2c1. The van der Waals surface area contributed by atoms with E-state index in [9.17, 15) is 4.79 Å². The molecular formula is C17H17N3O2. The number of rotatable bonds is 4. The summed E-state index contributed by atoms with van der Waals surface area (Å²) >= 11 is 0. The van der Waals surface area contributed by atoms with Crippen molar-refractivity contribution in [3.63, 3.8) is 0 Å². The van der Waals surface area contributed by atoms with Crippen LogP contribution in [-0.4, -0.2) is 27.7 Å². The number of nitrogens with zero attached hydrogens (tertiary/aromatic N) is 3. The molecule has 0 amide bonds. The third kappa shape index (κ3) is 2.83. The molecule has 0 saturated carbocycles. The van der Waals surface area contributed by atoms with Gasteiger partial charge in [0.15, 0.2) is 11.5 Å². The van der Waals surface area contributed by atoms with Crippen molar-refractivity contribution in [2.75, 3.05) is 7.11 Å². The molecule has 5 heteroatoms. The molecule has 0 bridgehead atoms. The number of ether oxygens (including phenoxy) is 1. The fraction of sp³-hybridized carbons (Fsp3) is 0.235. The second-order valence-corrected chi connectivity index (χ2v) is 5.27. The van der Waals surface area contributed by atoms with Gasteiger partial charge in [0.05, 0.1) is 12.7 Å². The summed E-state index contributed by atoms with van der Waals surface area (Å²) in [6, 6.07) is 13.7. The first-order chi connectivity index (χ1) is 10.7. The number of benzene rings is 1. The van der Waals surface area contributed by atoms with Crippen LogP contribution in [-0.2, 0) is 11.2 Å². The van der Waals surface area contributed by atoms with Gasteiger partial charge in [-0.1, -0.05) is 37.3 Å². The Labute approximate surface area is 128 Å². The van der Waals surface area contributed by atoms with Gasteiger partial charge in [0.2, 0.25) is 0 Å². The number of carbonyl (C=O) groups is 1. The van der Waals surface area contributed by atoms with Gasteiger partial charge >= 0.3 is 5.97 Å². The van der Waals surface area contributed by atoms with E-state index in [1.165, 1.54) is 12.7 Å². The fourth-order valence-corrected chi connectivity index (χ4v) is 2.41. The Morgan fingerprint density at radius 3 is 2.73 bits per heavy atom. The highest BCUT2D eigenvalue weighted by Gasteiger charge is 2.14. The van der Waals surface area contributed by atoms with Crippen molar-refractivity contribution in [3.05, 3.63) is 65.6 Å². The quantitative estimate of drug-likeness (QED) is 0.694. The summed E-state index contributed by atoms with van der Waals surface area (Å²) < 4.78 is 6.35. The highest BCUT2D eigenvalue weighted by molar-refractivity contribution is 5.89. The number of methoxy groups -OCH3 is 1. The minimum Gasteiger partial charge on any atom is -0.465 e. The molecule has 0 aliphatic heterocycles. The zero-order valence-electron chi connectivity index (χ0n) is 12.6. The Balaban J connectivity index is 1.86. The number of aromatic nitrogens is 3. The molecule has 2 heterocycles. The zero-order valence-corrected chi connectivity index (χ0v) is 12.6. The molecule has 1 atom stereocenters. The van der Waals surface area contributed by atoms with Crippen molar-refractivity contribution in [3.8, 4) is 0 Å². The first kappa shape index (κ1) is 14.3. The van der Waals surface area contributed by atoms with Crippen LogP contribution in [0.2, 0.25) is 0 Å². The standard InChI is InChI=1S/C17H17N3O2/c1-12(10-13-6-4-3-5-7-13)16-18-15-9-8-14(17(21)22-2)11-20(15)19-16/h3-9,11-12H,10H2,1-2H3.